The third-order valence-corrected chi connectivity index (χ3v) is 3.40. The fourth-order valence-corrected chi connectivity index (χ4v) is 2.12. The van der Waals surface area contributed by atoms with Crippen LogP contribution in [0.2, 0.25) is 0 Å². The molecule has 2 amide bonds. The van der Waals surface area contributed by atoms with Crippen molar-refractivity contribution in [1.82, 2.24) is 9.80 Å². The first-order chi connectivity index (χ1) is 9.38. The van der Waals surface area contributed by atoms with Crippen molar-refractivity contribution in [2.45, 2.75) is 59.3 Å². The number of carbonyl (C=O) groups excluding carboxylic acids is 2. The maximum atomic E-state index is 11.9. The molecule has 0 heterocycles. The number of hydrogen-bond acceptors (Lipinski definition) is 2. The zero-order valence-corrected chi connectivity index (χ0v) is 13.9. The maximum Gasteiger partial charge on any atom is 0.224 e. The maximum absolute atomic E-state index is 11.9. The lowest BCUT2D eigenvalue weighted by molar-refractivity contribution is -0.133. The number of amides is 2. The molecule has 0 fully saturated rings. The molecule has 0 atom stereocenters. The van der Waals surface area contributed by atoms with Gasteiger partial charge in [0.1, 0.15) is 0 Å². The summed E-state index contributed by atoms with van der Waals surface area (Å²) in [6.07, 6.45) is 5.47. The zero-order chi connectivity index (χ0) is 15.5. The Morgan fingerprint density at radius 1 is 0.900 bits per heavy atom. The monoisotopic (exact) mass is 284 g/mol. The molecule has 4 heteroatoms. The third kappa shape index (κ3) is 8.94. The molecule has 0 spiro atoms. The molecule has 0 aromatic carbocycles. The Bertz CT molecular complexity index is 290. The lowest BCUT2D eigenvalue weighted by Gasteiger charge is -2.22. The van der Waals surface area contributed by atoms with Crippen LogP contribution in [0.5, 0.6) is 0 Å². The van der Waals surface area contributed by atoms with Gasteiger partial charge in [0.2, 0.25) is 11.8 Å². The second-order valence-electron chi connectivity index (χ2n) is 6.04. The summed E-state index contributed by atoms with van der Waals surface area (Å²) in [5.74, 6) is 0.742. The quantitative estimate of drug-likeness (QED) is 0.579. The van der Waals surface area contributed by atoms with E-state index in [2.05, 4.69) is 20.8 Å². The van der Waals surface area contributed by atoms with Crippen molar-refractivity contribution in [3.63, 3.8) is 0 Å². The van der Waals surface area contributed by atoms with Crippen molar-refractivity contribution in [2.24, 2.45) is 5.92 Å². The van der Waals surface area contributed by atoms with E-state index >= 15 is 0 Å². The highest BCUT2D eigenvalue weighted by Crippen LogP contribution is 2.05. The van der Waals surface area contributed by atoms with E-state index in [4.69, 9.17) is 0 Å². The van der Waals surface area contributed by atoms with Gasteiger partial charge >= 0.3 is 0 Å². The molecule has 0 aromatic rings. The van der Waals surface area contributed by atoms with E-state index in [1.807, 2.05) is 7.05 Å². The molecule has 0 aliphatic rings. The van der Waals surface area contributed by atoms with E-state index in [9.17, 15) is 9.59 Å². The van der Waals surface area contributed by atoms with Crippen molar-refractivity contribution in [2.75, 3.05) is 27.2 Å². The minimum Gasteiger partial charge on any atom is -0.345 e. The third-order valence-electron chi connectivity index (χ3n) is 3.40. The Labute approximate surface area is 124 Å². The van der Waals surface area contributed by atoms with Gasteiger partial charge in [0.25, 0.3) is 0 Å². The summed E-state index contributed by atoms with van der Waals surface area (Å²) in [5.41, 5.74) is 0. The molecular formula is C16H32N2O2. The second kappa shape index (κ2) is 10.7. The fraction of sp³-hybridized carbons (Fsp3) is 0.875. The number of carbonyl (C=O) groups is 2. The van der Waals surface area contributed by atoms with Crippen LogP contribution < -0.4 is 0 Å². The molecule has 20 heavy (non-hydrogen) atoms. The van der Waals surface area contributed by atoms with Crippen LogP contribution in [-0.2, 0) is 9.59 Å². The van der Waals surface area contributed by atoms with Gasteiger partial charge in [-0.25, -0.2) is 0 Å². The average Bonchev–Trinajstić information content (AvgIpc) is 2.39. The number of nitrogens with zero attached hydrogens (tertiary/aromatic N) is 2. The largest absolute Gasteiger partial charge is 0.345 e. The van der Waals surface area contributed by atoms with Crippen molar-refractivity contribution < 1.29 is 9.59 Å². The van der Waals surface area contributed by atoms with Gasteiger partial charge in [0.05, 0.1) is 0 Å². The molecule has 0 bridgehead atoms. The van der Waals surface area contributed by atoms with Gasteiger partial charge in [-0.15, -0.1) is 0 Å². The molecule has 0 aliphatic heterocycles. The molecule has 0 saturated carbocycles. The highest BCUT2D eigenvalue weighted by Gasteiger charge is 2.13. The first kappa shape index (κ1) is 18.9. The predicted octanol–water partition coefficient (Wildman–Crippen LogP) is 2.92. The van der Waals surface area contributed by atoms with Crippen LogP contribution in [0.4, 0.5) is 0 Å². The van der Waals surface area contributed by atoms with Crippen LogP contribution in [0.3, 0.4) is 0 Å². The Kier molecular flexibility index (Phi) is 10.1. The van der Waals surface area contributed by atoms with E-state index in [0.717, 1.165) is 19.4 Å². The van der Waals surface area contributed by atoms with Crippen LogP contribution in [0.1, 0.15) is 59.3 Å². The fourth-order valence-electron chi connectivity index (χ4n) is 2.12. The molecular weight excluding hydrogens is 252 g/mol. The topological polar surface area (TPSA) is 40.6 Å². The van der Waals surface area contributed by atoms with E-state index in [-0.39, 0.29) is 11.8 Å². The standard InChI is InChI=1S/C16H32N2O2/c1-6-7-8-9-10-15(19)17(4)12-11-16(20)18(5)13-14(2)3/h14H,6-13H2,1-5H3. The summed E-state index contributed by atoms with van der Waals surface area (Å²) >= 11 is 0. The lowest BCUT2D eigenvalue weighted by atomic mass is 10.1. The average molecular weight is 284 g/mol. The van der Waals surface area contributed by atoms with Gasteiger partial charge < -0.3 is 9.80 Å². The van der Waals surface area contributed by atoms with Crippen molar-refractivity contribution in [3.8, 4) is 0 Å². The van der Waals surface area contributed by atoms with E-state index < -0.39 is 0 Å². The van der Waals surface area contributed by atoms with Crippen LogP contribution in [0, 0.1) is 5.92 Å². The predicted molar refractivity (Wildman–Crippen MR) is 83.5 cm³/mol. The van der Waals surface area contributed by atoms with Crippen LogP contribution in [0.15, 0.2) is 0 Å². The summed E-state index contributed by atoms with van der Waals surface area (Å²) in [5, 5.41) is 0. The Balaban J connectivity index is 3.87. The summed E-state index contributed by atoms with van der Waals surface area (Å²) in [4.78, 5) is 27.2. The van der Waals surface area contributed by atoms with Crippen molar-refractivity contribution in [3.05, 3.63) is 0 Å². The molecule has 118 valence electrons. The molecule has 0 aromatic heterocycles. The van der Waals surface area contributed by atoms with Gasteiger partial charge in [0.15, 0.2) is 0 Å². The van der Waals surface area contributed by atoms with E-state index in [1.54, 1.807) is 16.8 Å². The molecule has 0 radical (unpaired) electrons. The van der Waals surface area contributed by atoms with Gasteiger partial charge in [-0.1, -0.05) is 40.0 Å². The molecule has 0 saturated heterocycles. The molecule has 0 unspecified atom stereocenters. The summed E-state index contributed by atoms with van der Waals surface area (Å²) in [6.45, 7) is 7.64. The van der Waals surface area contributed by atoms with Crippen molar-refractivity contribution >= 4 is 11.8 Å². The SMILES string of the molecule is CCCCCCC(=O)N(C)CCC(=O)N(C)CC(C)C. The Morgan fingerprint density at radius 3 is 2.05 bits per heavy atom. The van der Waals surface area contributed by atoms with E-state index in [0.29, 0.717) is 25.3 Å². The van der Waals surface area contributed by atoms with Crippen molar-refractivity contribution in [1.29, 1.82) is 0 Å². The number of rotatable bonds is 10. The lowest BCUT2D eigenvalue weighted by Crippen LogP contribution is -2.34. The summed E-state index contributed by atoms with van der Waals surface area (Å²) < 4.78 is 0. The van der Waals surface area contributed by atoms with Gasteiger partial charge in [-0.05, 0) is 12.3 Å². The van der Waals surface area contributed by atoms with Crippen LogP contribution >= 0.6 is 0 Å². The normalized spacial score (nSPS) is 10.7. The van der Waals surface area contributed by atoms with Crippen LogP contribution in [-0.4, -0.2) is 48.8 Å². The molecule has 0 N–H and O–H groups in total. The second-order valence-corrected chi connectivity index (χ2v) is 6.04. The van der Waals surface area contributed by atoms with Gasteiger partial charge in [-0.2, -0.15) is 0 Å². The Morgan fingerprint density at radius 2 is 1.50 bits per heavy atom. The zero-order valence-electron chi connectivity index (χ0n) is 13.9. The van der Waals surface area contributed by atoms with Crippen LogP contribution in [0.25, 0.3) is 0 Å². The highest BCUT2D eigenvalue weighted by molar-refractivity contribution is 5.78. The highest BCUT2D eigenvalue weighted by atomic mass is 16.2. The Hall–Kier alpha value is -1.06. The van der Waals surface area contributed by atoms with Gasteiger partial charge in [-0.3, -0.25) is 9.59 Å². The smallest absolute Gasteiger partial charge is 0.224 e. The number of hydrogen-bond donors (Lipinski definition) is 0. The minimum atomic E-state index is 0.115. The molecule has 0 aliphatic carbocycles. The summed E-state index contributed by atoms with van der Waals surface area (Å²) in [7, 11) is 3.62. The van der Waals surface area contributed by atoms with E-state index in [1.165, 1.54) is 12.8 Å². The number of unbranched alkanes of at least 4 members (excludes halogenated alkanes) is 3. The summed E-state index contributed by atoms with van der Waals surface area (Å²) in [6, 6.07) is 0. The van der Waals surface area contributed by atoms with Gasteiger partial charge in [0, 0.05) is 40.0 Å². The minimum absolute atomic E-state index is 0.115. The molecule has 0 rings (SSSR count). The first-order valence-electron chi connectivity index (χ1n) is 7.86. The first-order valence-corrected chi connectivity index (χ1v) is 7.86. The molecule has 4 nitrogen and oxygen atoms in total.